The zero-order chi connectivity index (χ0) is 15.0. The molecule has 1 aromatic carbocycles. The van der Waals surface area contributed by atoms with Crippen LogP contribution in [-0.4, -0.2) is 13.4 Å². The van der Waals surface area contributed by atoms with Crippen molar-refractivity contribution in [2.75, 3.05) is 7.05 Å². The molecule has 2 saturated carbocycles. The minimum absolute atomic E-state index is 0.120. The Balaban J connectivity index is 1.77. The van der Waals surface area contributed by atoms with Crippen LogP contribution < -0.4 is 10.1 Å². The zero-order valence-corrected chi connectivity index (χ0v) is 12.0. The molecule has 116 valence electrons. The second-order valence-corrected chi connectivity index (χ2v) is 6.08. The van der Waals surface area contributed by atoms with Crippen LogP contribution in [0.15, 0.2) is 24.3 Å². The lowest BCUT2D eigenvalue weighted by atomic mass is 10.00. The molecule has 0 bridgehead atoms. The van der Waals surface area contributed by atoms with E-state index in [4.69, 9.17) is 0 Å². The van der Waals surface area contributed by atoms with Gasteiger partial charge >= 0.3 is 6.36 Å². The molecule has 3 rings (SSSR count). The maximum atomic E-state index is 12.3. The molecule has 0 saturated heterocycles. The third-order valence-electron chi connectivity index (χ3n) is 4.87. The summed E-state index contributed by atoms with van der Waals surface area (Å²) in [6.45, 7) is 0. The summed E-state index contributed by atoms with van der Waals surface area (Å²) in [5, 5.41) is 3.29. The Bertz CT molecular complexity index is 491. The van der Waals surface area contributed by atoms with Gasteiger partial charge in [0.2, 0.25) is 0 Å². The van der Waals surface area contributed by atoms with E-state index >= 15 is 0 Å². The Labute approximate surface area is 122 Å². The van der Waals surface area contributed by atoms with E-state index in [1.54, 1.807) is 6.07 Å². The van der Waals surface area contributed by atoms with Gasteiger partial charge in [0.05, 0.1) is 0 Å². The van der Waals surface area contributed by atoms with Crippen molar-refractivity contribution in [3.8, 4) is 5.75 Å². The molecule has 5 heteroatoms. The average Bonchev–Trinajstić information content (AvgIpc) is 3.13. The number of hydrogen-bond donors (Lipinski definition) is 1. The van der Waals surface area contributed by atoms with Crippen molar-refractivity contribution in [1.29, 1.82) is 0 Å². The summed E-state index contributed by atoms with van der Waals surface area (Å²) in [6.07, 6.45) is 0.441. The summed E-state index contributed by atoms with van der Waals surface area (Å²) in [6, 6.07) is 6.50. The lowest BCUT2D eigenvalue weighted by Crippen LogP contribution is -2.21. The summed E-state index contributed by atoms with van der Waals surface area (Å²) in [4.78, 5) is 0. The van der Waals surface area contributed by atoms with E-state index in [0.29, 0.717) is 5.92 Å². The highest BCUT2D eigenvalue weighted by Crippen LogP contribution is 2.60. The Kier molecular flexibility index (Phi) is 3.86. The topological polar surface area (TPSA) is 21.3 Å². The number of halogens is 3. The summed E-state index contributed by atoms with van der Waals surface area (Å²) < 4.78 is 41.0. The average molecular weight is 299 g/mol. The van der Waals surface area contributed by atoms with Crippen molar-refractivity contribution in [3.63, 3.8) is 0 Å². The number of benzene rings is 1. The first-order valence-corrected chi connectivity index (χ1v) is 7.52. The molecule has 1 aromatic rings. The molecule has 0 aliphatic heterocycles. The standard InChI is InChI=1S/C16H20F3NO/c1-20-15(14-12-7-2-3-8-13(12)14)10-5-4-6-11(9-10)21-16(17,18)19/h4-6,9,12-15,20H,2-3,7-8H2,1H3. The van der Waals surface area contributed by atoms with Crippen molar-refractivity contribution >= 4 is 0 Å². The number of ether oxygens (including phenoxy) is 1. The maximum Gasteiger partial charge on any atom is 0.573 e. The highest BCUT2D eigenvalue weighted by atomic mass is 19.4. The molecule has 0 spiro atoms. The minimum atomic E-state index is -4.64. The number of fused-ring (bicyclic) bond motifs is 1. The van der Waals surface area contributed by atoms with E-state index in [2.05, 4.69) is 10.1 Å². The first-order chi connectivity index (χ1) is 9.99. The monoisotopic (exact) mass is 299 g/mol. The van der Waals surface area contributed by atoms with Crippen molar-refractivity contribution in [3.05, 3.63) is 29.8 Å². The minimum Gasteiger partial charge on any atom is -0.406 e. The van der Waals surface area contributed by atoms with Crippen molar-refractivity contribution in [2.45, 2.75) is 38.1 Å². The Morgan fingerprint density at radius 2 is 1.86 bits per heavy atom. The fourth-order valence-corrected chi connectivity index (χ4v) is 4.03. The van der Waals surface area contributed by atoms with Gasteiger partial charge in [0.25, 0.3) is 0 Å². The quantitative estimate of drug-likeness (QED) is 0.896. The highest BCUT2D eigenvalue weighted by molar-refractivity contribution is 5.32. The van der Waals surface area contributed by atoms with Crippen LogP contribution >= 0.6 is 0 Å². The molecular weight excluding hydrogens is 279 g/mol. The third kappa shape index (κ3) is 3.18. The van der Waals surface area contributed by atoms with Gasteiger partial charge in [0, 0.05) is 6.04 Å². The van der Waals surface area contributed by atoms with Gasteiger partial charge in [0.15, 0.2) is 0 Å². The van der Waals surface area contributed by atoms with Crippen LogP contribution in [0.4, 0.5) is 13.2 Å². The Hall–Kier alpha value is -1.23. The summed E-state index contributed by atoms with van der Waals surface area (Å²) >= 11 is 0. The second-order valence-electron chi connectivity index (χ2n) is 6.08. The van der Waals surface area contributed by atoms with Crippen LogP contribution in [-0.2, 0) is 0 Å². The van der Waals surface area contributed by atoms with Crippen molar-refractivity contribution in [1.82, 2.24) is 5.32 Å². The fraction of sp³-hybridized carbons (Fsp3) is 0.625. The molecule has 0 radical (unpaired) electrons. The van der Waals surface area contributed by atoms with E-state index in [-0.39, 0.29) is 11.8 Å². The van der Waals surface area contributed by atoms with Gasteiger partial charge in [-0.15, -0.1) is 13.2 Å². The van der Waals surface area contributed by atoms with Crippen LogP contribution in [0.2, 0.25) is 0 Å². The largest absolute Gasteiger partial charge is 0.573 e. The Morgan fingerprint density at radius 1 is 1.19 bits per heavy atom. The molecule has 0 amide bonds. The maximum absolute atomic E-state index is 12.3. The zero-order valence-electron chi connectivity index (χ0n) is 12.0. The van der Waals surface area contributed by atoms with E-state index < -0.39 is 6.36 Å². The van der Waals surface area contributed by atoms with Gasteiger partial charge in [-0.2, -0.15) is 0 Å². The second kappa shape index (κ2) is 5.52. The van der Waals surface area contributed by atoms with E-state index in [1.807, 2.05) is 13.1 Å². The molecule has 1 N–H and O–H groups in total. The molecule has 3 unspecified atom stereocenters. The lowest BCUT2D eigenvalue weighted by Gasteiger charge is -2.18. The Morgan fingerprint density at radius 3 is 2.43 bits per heavy atom. The third-order valence-corrected chi connectivity index (χ3v) is 4.87. The first-order valence-electron chi connectivity index (χ1n) is 7.52. The van der Waals surface area contributed by atoms with Crippen molar-refractivity contribution in [2.24, 2.45) is 17.8 Å². The molecule has 0 heterocycles. The predicted molar refractivity (Wildman–Crippen MR) is 73.9 cm³/mol. The number of rotatable bonds is 4. The van der Waals surface area contributed by atoms with Crippen LogP contribution in [0.1, 0.15) is 37.3 Å². The molecule has 21 heavy (non-hydrogen) atoms. The predicted octanol–water partition coefficient (Wildman–Crippen LogP) is 4.28. The van der Waals surface area contributed by atoms with E-state index in [1.165, 1.54) is 37.8 Å². The highest BCUT2D eigenvalue weighted by Gasteiger charge is 2.54. The number of nitrogens with one attached hydrogen (secondary N) is 1. The lowest BCUT2D eigenvalue weighted by molar-refractivity contribution is -0.274. The molecular formula is C16H20F3NO. The number of hydrogen-bond acceptors (Lipinski definition) is 2. The number of alkyl halides is 3. The normalized spacial score (nSPS) is 29.6. The van der Waals surface area contributed by atoms with E-state index in [0.717, 1.165) is 17.4 Å². The van der Waals surface area contributed by atoms with Crippen molar-refractivity contribution < 1.29 is 17.9 Å². The summed E-state index contributed by atoms with van der Waals surface area (Å²) in [5.74, 6) is 1.90. The summed E-state index contributed by atoms with van der Waals surface area (Å²) in [7, 11) is 1.88. The first kappa shape index (κ1) is 14.7. The van der Waals surface area contributed by atoms with Gasteiger partial charge in [-0.05, 0) is 55.3 Å². The van der Waals surface area contributed by atoms with Crippen LogP contribution in [0.5, 0.6) is 5.75 Å². The SMILES string of the molecule is CNC(c1cccc(OC(F)(F)F)c1)C1C2CCCCC21. The van der Waals surface area contributed by atoms with Crippen LogP contribution in [0.3, 0.4) is 0 Å². The van der Waals surface area contributed by atoms with Gasteiger partial charge in [-0.3, -0.25) is 0 Å². The molecule has 2 nitrogen and oxygen atoms in total. The van der Waals surface area contributed by atoms with Gasteiger partial charge in [-0.25, -0.2) is 0 Å². The fourth-order valence-electron chi connectivity index (χ4n) is 4.03. The van der Waals surface area contributed by atoms with Crippen LogP contribution in [0, 0.1) is 17.8 Å². The summed E-state index contributed by atoms with van der Waals surface area (Å²) in [5.41, 5.74) is 0.888. The molecule has 2 fully saturated rings. The molecule has 2 aliphatic carbocycles. The molecule has 2 aliphatic rings. The van der Waals surface area contributed by atoms with Gasteiger partial charge in [-0.1, -0.05) is 25.0 Å². The smallest absolute Gasteiger partial charge is 0.406 e. The van der Waals surface area contributed by atoms with E-state index in [9.17, 15) is 13.2 Å². The van der Waals surface area contributed by atoms with Crippen LogP contribution in [0.25, 0.3) is 0 Å². The molecule has 0 aromatic heterocycles. The van der Waals surface area contributed by atoms with Gasteiger partial charge < -0.3 is 10.1 Å². The molecule has 3 atom stereocenters. The van der Waals surface area contributed by atoms with Gasteiger partial charge in [0.1, 0.15) is 5.75 Å².